The lowest BCUT2D eigenvalue weighted by atomic mass is 9.88. The van der Waals surface area contributed by atoms with Gasteiger partial charge in [-0.05, 0) is 26.0 Å². The molecule has 0 aromatic heterocycles. The lowest BCUT2D eigenvalue weighted by molar-refractivity contribution is 0.0804. The standard InChI is InChI=1S/C16H23NO2/c1-3-17-14-9-16(12-6-7-18-10-12)19-15-5-4-11(2)8-13(14)15/h4-5,8,12,14,16-17H,3,6-7,9-10H2,1-2H3. The predicted molar refractivity (Wildman–Crippen MR) is 75.6 cm³/mol. The van der Waals surface area contributed by atoms with Crippen molar-refractivity contribution in [2.45, 2.75) is 38.8 Å². The molecule has 104 valence electrons. The van der Waals surface area contributed by atoms with Gasteiger partial charge in [0.15, 0.2) is 0 Å². The first-order valence-electron chi connectivity index (χ1n) is 7.36. The first kappa shape index (κ1) is 12.9. The lowest BCUT2D eigenvalue weighted by Crippen LogP contribution is -2.37. The summed E-state index contributed by atoms with van der Waals surface area (Å²) in [4.78, 5) is 0. The smallest absolute Gasteiger partial charge is 0.124 e. The molecule has 0 aliphatic carbocycles. The first-order valence-corrected chi connectivity index (χ1v) is 7.36. The van der Waals surface area contributed by atoms with Gasteiger partial charge in [0.1, 0.15) is 11.9 Å². The minimum absolute atomic E-state index is 0.293. The van der Waals surface area contributed by atoms with Crippen molar-refractivity contribution in [3.63, 3.8) is 0 Å². The quantitative estimate of drug-likeness (QED) is 0.907. The summed E-state index contributed by atoms with van der Waals surface area (Å²) in [5, 5.41) is 3.60. The van der Waals surface area contributed by atoms with Crippen molar-refractivity contribution < 1.29 is 9.47 Å². The van der Waals surface area contributed by atoms with Crippen LogP contribution in [-0.4, -0.2) is 25.9 Å². The molecule has 3 unspecified atom stereocenters. The van der Waals surface area contributed by atoms with Crippen molar-refractivity contribution in [2.24, 2.45) is 5.92 Å². The summed E-state index contributed by atoms with van der Waals surface area (Å²) in [5.41, 5.74) is 2.62. The molecule has 3 rings (SSSR count). The second-order valence-electron chi connectivity index (χ2n) is 5.67. The Balaban J connectivity index is 1.85. The molecule has 1 aromatic carbocycles. The fourth-order valence-electron chi connectivity index (χ4n) is 3.19. The Bertz CT molecular complexity index is 440. The van der Waals surface area contributed by atoms with Crippen LogP contribution in [0.1, 0.15) is 36.9 Å². The Labute approximate surface area is 115 Å². The number of fused-ring (bicyclic) bond motifs is 1. The Hall–Kier alpha value is -1.06. The van der Waals surface area contributed by atoms with Crippen LogP contribution in [0.5, 0.6) is 5.75 Å². The fourth-order valence-corrected chi connectivity index (χ4v) is 3.19. The van der Waals surface area contributed by atoms with Crippen molar-refractivity contribution in [3.05, 3.63) is 29.3 Å². The van der Waals surface area contributed by atoms with Gasteiger partial charge in [-0.1, -0.05) is 24.6 Å². The average molecular weight is 261 g/mol. The third-order valence-corrected chi connectivity index (χ3v) is 4.23. The molecule has 0 bridgehead atoms. The van der Waals surface area contributed by atoms with Gasteiger partial charge in [-0.2, -0.15) is 0 Å². The maximum absolute atomic E-state index is 6.23. The lowest BCUT2D eigenvalue weighted by Gasteiger charge is -2.35. The van der Waals surface area contributed by atoms with Crippen LogP contribution < -0.4 is 10.1 Å². The van der Waals surface area contributed by atoms with Gasteiger partial charge in [0, 0.05) is 30.6 Å². The highest BCUT2D eigenvalue weighted by Gasteiger charge is 2.34. The molecule has 0 saturated carbocycles. The molecule has 1 N–H and O–H groups in total. The maximum atomic E-state index is 6.23. The Morgan fingerprint density at radius 3 is 3.00 bits per heavy atom. The topological polar surface area (TPSA) is 30.5 Å². The second-order valence-corrected chi connectivity index (χ2v) is 5.67. The van der Waals surface area contributed by atoms with Crippen LogP contribution in [0.15, 0.2) is 18.2 Å². The highest BCUT2D eigenvalue weighted by Crippen LogP contribution is 2.38. The Kier molecular flexibility index (Phi) is 3.76. The summed E-state index contributed by atoms with van der Waals surface area (Å²) >= 11 is 0. The van der Waals surface area contributed by atoms with Crippen molar-refractivity contribution >= 4 is 0 Å². The van der Waals surface area contributed by atoms with E-state index >= 15 is 0 Å². The summed E-state index contributed by atoms with van der Waals surface area (Å²) in [7, 11) is 0. The van der Waals surface area contributed by atoms with E-state index < -0.39 is 0 Å². The molecule has 3 nitrogen and oxygen atoms in total. The Morgan fingerprint density at radius 1 is 1.37 bits per heavy atom. The summed E-state index contributed by atoms with van der Waals surface area (Å²) in [6.45, 7) is 7.03. The van der Waals surface area contributed by atoms with Crippen molar-refractivity contribution in [2.75, 3.05) is 19.8 Å². The highest BCUT2D eigenvalue weighted by atomic mass is 16.5. The molecule has 0 spiro atoms. The molecular weight excluding hydrogens is 238 g/mol. The van der Waals surface area contributed by atoms with Crippen LogP contribution in [0.3, 0.4) is 0 Å². The van der Waals surface area contributed by atoms with Gasteiger partial charge in [0.25, 0.3) is 0 Å². The predicted octanol–water partition coefficient (Wildman–Crippen LogP) is 2.83. The van der Waals surface area contributed by atoms with Gasteiger partial charge >= 0.3 is 0 Å². The van der Waals surface area contributed by atoms with E-state index in [1.165, 1.54) is 11.1 Å². The van der Waals surface area contributed by atoms with E-state index in [2.05, 4.69) is 37.4 Å². The molecule has 3 atom stereocenters. The maximum Gasteiger partial charge on any atom is 0.124 e. The molecule has 0 amide bonds. The molecule has 19 heavy (non-hydrogen) atoms. The monoisotopic (exact) mass is 261 g/mol. The number of aryl methyl sites for hydroxylation is 1. The number of benzene rings is 1. The molecule has 1 fully saturated rings. The van der Waals surface area contributed by atoms with E-state index in [4.69, 9.17) is 9.47 Å². The molecule has 3 heteroatoms. The minimum atomic E-state index is 0.293. The van der Waals surface area contributed by atoms with Gasteiger partial charge in [-0.15, -0.1) is 0 Å². The van der Waals surface area contributed by atoms with E-state index in [1.807, 2.05) is 0 Å². The largest absolute Gasteiger partial charge is 0.490 e. The molecule has 0 radical (unpaired) electrons. The van der Waals surface area contributed by atoms with Gasteiger partial charge in [-0.25, -0.2) is 0 Å². The first-order chi connectivity index (χ1) is 9.28. The average Bonchev–Trinajstić information content (AvgIpc) is 2.93. The van der Waals surface area contributed by atoms with Gasteiger partial charge < -0.3 is 14.8 Å². The third kappa shape index (κ3) is 2.63. The van der Waals surface area contributed by atoms with E-state index in [-0.39, 0.29) is 0 Å². The SMILES string of the molecule is CCNC1CC(C2CCOC2)Oc2ccc(C)cc21. The zero-order valence-electron chi connectivity index (χ0n) is 11.8. The third-order valence-electron chi connectivity index (χ3n) is 4.23. The van der Waals surface area contributed by atoms with E-state index in [9.17, 15) is 0 Å². The number of nitrogens with one attached hydrogen (secondary N) is 1. The van der Waals surface area contributed by atoms with Crippen LogP contribution in [0, 0.1) is 12.8 Å². The van der Waals surface area contributed by atoms with Crippen molar-refractivity contribution in [1.82, 2.24) is 5.32 Å². The van der Waals surface area contributed by atoms with Gasteiger partial charge in [0.05, 0.1) is 6.61 Å². The van der Waals surface area contributed by atoms with Crippen LogP contribution in [0.2, 0.25) is 0 Å². The van der Waals surface area contributed by atoms with Crippen LogP contribution in [0.25, 0.3) is 0 Å². The normalized spacial score (nSPS) is 29.9. The van der Waals surface area contributed by atoms with Crippen LogP contribution >= 0.6 is 0 Å². The minimum Gasteiger partial charge on any atom is -0.490 e. The molecule has 2 aliphatic heterocycles. The van der Waals surface area contributed by atoms with Crippen molar-refractivity contribution in [3.8, 4) is 5.75 Å². The number of hydrogen-bond donors (Lipinski definition) is 1. The summed E-state index contributed by atoms with van der Waals surface area (Å²) in [6.07, 6.45) is 2.48. The number of hydrogen-bond acceptors (Lipinski definition) is 3. The fraction of sp³-hybridized carbons (Fsp3) is 0.625. The van der Waals surface area contributed by atoms with Gasteiger partial charge in [-0.3, -0.25) is 0 Å². The zero-order chi connectivity index (χ0) is 13.2. The molecule has 1 saturated heterocycles. The molecular formula is C16H23NO2. The van der Waals surface area contributed by atoms with Gasteiger partial charge in [0.2, 0.25) is 0 Å². The summed E-state index contributed by atoms with van der Waals surface area (Å²) in [5.74, 6) is 1.61. The van der Waals surface area contributed by atoms with E-state index in [1.54, 1.807) is 0 Å². The van der Waals surface area contributed by atoms with Crippen LogP contribution in [0.4, 0.5) is 0 Å². The van der Waals surface area contributed by atoms with Crippen LogP contribution in [-0.2, 0) is 4.74 Å². The molecule has 2 heterocycles. The molecule has 1 aromatic rings. The van der Waals surface area contributed by atoms with E-state index in [0.717, 1.165) is 38.3 Å². The Morgan fingerprint density at radius 2 is 2.26 bits per heavy atom. The summed E-state index contributed by atoms with van der Waals surface area (Å²) < 4.78 is 11.7. The number of ether oxygens (including phenoxy) is 2. The number of rotatable bonds is 3. The highest BCUT2D eigenvalue weighted by molar-refractivity contribution is 5.41. The van der Waals surface area contributed by atoms with Crippen molar-refractivity contribution in [1.29, 1.82) is 0 Å². The van der Waals surface area contributed by atoms with E-state index in [0.29, 0.717) is 18.1 Å². The zero-order valence-corrected chi connectivity index (χ0v) is 11.8. The summed E-state index contributed by atoms with van der Waals surface area (Å²) in [6, 6.07) is 6.93. The second kappa shape index (κ2) is 5.51. The molecule has 2 aliphatic rings.